The van der Waals surface area contributed by atoms with Gasteiger partial charge in [-0.1, -0.05) is 18.2 Å². The summed E-state index contributed by atoms with van der Waals surface area (Å²) >= 11 is 0. The average Bonchev–Trinajstić information content (AvgIpc) is 3.54. The third-order valence-corrected chi connectivity index (χ3v) is 8.64. The van der Waals surface area contributed by atoms with E-state index in [0.717, 1.165) is 0 Å². The van der Waals surface area contributed by atoms with Gasteiger partial charge in [0.25, 0.3) is 14.4 Å². The summed E-state index contributed by atoms with van der Waals surface area (Å²) in [4.78, 5) is 25.9. The fourth-order valence-corrected chi connectivity index (χ4v) is 6.52. The third-order valence-electron chi connectivity index (χ3n) is 6.51. The van der Waals surface area contributed by atoms with Gasteiger partial charge in [-0.05, 0) is 39.8 Å². The van der Waals surface area contributed by atoms with Gasteiger partial charge in [0.1, 0.15) is 24.6 Å². The lowest BCUT2D eigenvalue weighted by Gasteiger charge is -2.38. The van der Waals surface area contributed by atoms with E-state index in [1.54, 1.807) is 28.8 Å². The first kappa shape index (κ1) is 30.9. The van der Waals surface area contributed by atoms with Crippen LogP contribution in [0.3, 0.4) is 0 Å². The van der Waals surface area contributed by atoms with Crippen LogP contribution in [-0.4, -0.2) is 85.9 Å². The zero-order valence-electron chi connectivity index (χ0n) is 23.7. The van der Waals surface area contributed by atoms with Crippen LogP contribution < -0.4 is 5.32 Å². The lowest BCUT2D eigenvalue weighted by atomic mass is 10.1. The Morgan fingerprint density at radius 1 is 1.20 bits per heavy atom. The van der Waals surface area contributed by atoms with Gasteiger partial charge in [-0.25, -0.2) is 19.6 Å². The highest BCUT2D eigenvalue weighted by Crippen LogP contribution is 2.50. The Bertz CT molecular complexity index is 1330. The predicted molar refractivity (Wildman–Crippen MR) is 152 cm³/mol. The molecule has 41 heavy (non-hydrogen) atoms. The van der Waals surface area contributed by atoms with E-state index < -0.39 is 33.1 Å². The maximum absolute atomic E-state index is 12.8. The van der Waals surface area contributed by atoms with Gasteiger partial charge in [0.05, 0.1) is 32.0 Å². The van der Waals surface area contributed by atoms with Crippen molar-refractivity contribution in [3.05, 3.63) is 48.5 Å². The monoisotopic (exact) mass is 585 g/mol. The van der Waals surface area contributed by atoms with Gasteiger partial charge >= 0.3 is 0 Å². The Hall–Kier alpha value is -3.08. The van der Waals surface area contributed by atoms with Crippen LogP contribution in [0.4, 0.5) is 5.82 Å². The van der Waals surface area contributed by atoms with E-state index in [9.17, 15) is 9.90 Å². The van der Waals surface area contributed by atoms with Crippen LogP contribution in [-0.2, 0) is 18.5 Å². The number of aromatic nitrogens is 4. The molecule has 2 aromatic heterocycles. The zero-order valence-corrected chi connectivity index (χ0v) is 24.6. The molecule has 220 valence electrons. The minimum absolute atomic E-state index is 0.0914. The third kappa shape index (κ3) is 6.88. The molecule has 13 nitrogen and oxygen atoms in total. The molecule has 1 aliphatic rings. The molecular formula is C27H36N7O6P. The molecule has 1 aliphatic heterocycles. The lowest BCUT2D eigenvalue weighted by molar-refractivity contribution is -0.0583. The van der Waals surface area contributed by atoms with E-state index >= 15 is 0 Å². The number of aliphatic hydroxyl groups is 1. The quantitative estimate of drug-likeness (QED) is 0.223. The molecule has 1 aromatic carbocycles. The van der Waals surface area contributed by atoms with Crippen molar-refractivity contribution in [2.45, 2.75) is 70.7 Å². The summed E-state index contributed by atoms with van der Waals surface area (Å²) in [7, 11) is -0.0857. The van der Waals surface area contributed by atoms with Crippen LogP contribution in [0.15, 0.2) is 43.0 Å². The SMILES string of the molecule is CO[C@@H]1[C@H](OP(OCCC#N)N(C(C)C)C(C)C)[C@@H](CO)O[C@H]1n1cnc2c(NC(=O)c3ccccc3)ncnc21. The Kier molecular flexibility index (Phi) is 10.7. The maximum Gasteiger partial charge on any atom is 0.259 e. The van der Waals surface area contributed by atoms with E-state index in [-0.39, 0.29) is 43.4 Å². The van der Waals surface area contributed by atoms with Gasteiger partial charge in [-0.15, -0.1) is 0 Å². The molecule has 0 radical (unpaired) electrons. The summed E-state index contributed by atoms with van der Waals surface area (Å²) < 4.78 is 28.5. The Morgan fingerprint density at radius 2 is 1.93 bits per heavy atom. The van der Waals surface area contributed by atoms with Gasteiger partial charge in [0.2, 0.25) is 0 Å². The highest BCUT2D eigenvalue weighted by atomic mass is 31.2. The first-order valence-corrected chi connectivity index (χ1v) is 14.5. The minimum Gasteiger partial charge on any atom is -0.394 e. The topological polar surface area (TPSA) is 157 Å². The largest absolute Gasteiger partial charge is 0.394 e. The summed E-state index contributed by atoms with van der Waals surface area (Å²) in [5, 5.41) is 22.1. The number of fused-ring (bicyclic) bond motifs is 1. The number of hydrogen-bond donors (Lipinski definition) is 2. The molecule has 1 unspecified atom stereocenters. The van der Waals surface area contributed by atoms with Crippen LogP contribution in [0.2, 0.25) is 0 Å². The molecule has 5 atom stereocenters. The van der Waals surface area contributed by atoms with Crippen LogP contribution in [0.1, 0.15) is 50.7 Å². The first-order valence-electron chi connectivity index (χ1n) is 13.4. The lowest BCUT2D eigenvalue weighted by Crippen LogP contribution is -2.40. The van der Waals surface area contributed by atoms with Crippen molar-refractivity contribution < 1.29 is 28.4 Å². The fourth-order valence-electron chi connectivity index (χ4n) is 4.75. The highest BCUT2D eigenvalue weighted by molar-refractivity contribution is 7.44. The smallest absolute Gasteiger partial charge is 0.259 e. The highest BCUT2D eigenvalue weighted by Gasteiger charge is 2.49. The molecule has 0 saturated carbocycles. The zero-order chi connectivity index (χ0) is 29.5. The molecule has 1 fully saturated rings. The average molecular weight is 586 g/mol. The molecular weight excluding hydrogens is 549 g/mol. The number of anilines is 1. The number of nitrogens with one attached hydrogen (secondary N) is 1. The van der Waals surface area contributed by atoms with Crippen molar-refractivity contribution in [1.29, 1.82) is 5.26 Å². The van der Waals surface area contributed by atoms with E-state index in [2.05, 4.69) is 31.0 Å². The number of imidazole rings is 1. The maximum atomic E-state index is 12.8. The fraction of sp³-hybridized carbons (Fsp3) is 0.519. The van der Waals surface area contributed by atoms with Crippen molar-refractivity contribution in [3.8, 4) is 6.07 Å². The number of amides is 1. The molecule has 3 heterocycles. The second-order valence-corrected chi connectivity index (χ2v) is 11.3. The van der Waals surface area contributed by atoms with Gasteiger partial charge in [0.15, 0.2) is 23.2 Å². The number of rotatable bonds is 13. The first-order chi connectivity index (χ1) is 19.8. The van der Waals surface area contributed by atoms with Gasteiger partial charge < -0.3 is 28.9 Å². The molecule has 3 aromatic rings. The van der Waals surface area contributed by atoms with Crippen molar-refractivity contribution in [2.75, 3.05) is 25.6 Å². The molecule has 1 saturated heterocycles. The summed E-state index contributed by atoms with van der Waals surface area (Å²) in [6, 6.07) is 11.1. The van der Waals surface area contributed by atoms with Gasteiger partial charge in [-0.2, -0.15) is 5.26 Å². The van der Waals surface area contributed by atoms with E-state index in [0.29, 0.717) is 16.7 Å². The molecule has 0 spiro atoms. The van der Waals surface area contributed by atoms with Gasteiger partial charge in [-0.3, -0.25) is 9.36 Å². The molecule has 14 heteroatoms. The number of ether oxygens (including phenoxy) is 2. The summed E-state index contributed by atoms with van der Waals surface area (Å²) in [5.41, 5.74) is 1.26. The normalized spacial score (nSPS) is 21.6. The number of carbonyl (C=O) groups is 1. The number of benzene rings is 1. The van der Waals surface area contributed by atoms with Crippen LogP contribution in [0.25, 0.3) is 11.2 Å². The van der Waals surface area contributed by atoms with Crippen molar-refractivity contribution in [2.24, 2.45) is 0 Å². The van der Waals surface area contributed by atoms with E-state index in [4.69, 9.17) is 23.8 Å². The Balaban J connectivity index is 1.62. The summed E-state index contributed by atoms with van der Waals surface area (Å²) in [6.07, 6.45) is 0.200. The minimum atomic E-state index is -1.63. The number of nitriles is 1. The Morgan fingerprint density at radius 3 is 2.56 bits per heavy atom. The van der Waals surface area contributed by atoms with Crippen LogP contribution >= 0.6 is 8.53 Å². The second-order valence-electron chi connectivity index (χ2n) is 9.93. The molecule has 4 rings (SSSR count). The molecule has 2 N–H and O–H groups in total. The molecule has 1 amide bonds. The Labute approximate surface area is 240 Å². The number of hydrogen-bond acceptors (Lipinski definition) is 11. The van der Waals surface area contributed by atoms with Crippen molar-refractivity contribution in [1.82, 2.24) is 24.2 Å². The molecule has 0 aliphatic carbocycles. The number of methoxy groups -OCH3 is 1. The number of carbonyl (C=O) groups excluding carboxylic acids is 1. The summed E-state index contributed by atoms with van der Waals surface area (Å²) in [6.45, 7) is 8.06. The van der Waals surface area contributed by atoms with Crippen LogP contribution in [0, 0.1) is 11.3 Å². The van der Waals surface area contributed by atoms with Crippen molar-refractivity contribution in [3.63, 3.8) is 0 Å². The molecule has 0 bridgehead atoms. The second kappa shape index (κ2) is 14.2. The van der Waals surface area contributed by atoms with E-state index in [1.165, 1.54) is 19.8 Å². The van der Waals surface area contributed by atoms with Gasteiger partial charge in [0, 0.05) is 24.8 Å². The predicted octanol–water partition coefficient (Wildman–Crippen LogP) is 3.64. The standard InChI is InChI=1S/C27H36N7O6P/c1-17(2)34(18(3)4)41(38-13-9-12-28)40-22-20(14-35)39-27(23(22)37-5)33-16-31-21-24(29-15-30-25(21)33)32-26(36)19-10-7-6-8-11-19/h6-8,10-11,15-18,20,22-23,27,35H,9,13-14H2,1-5H3,(H,29,30,32,36)/t20-,22-,23-,27-,41?/m1/s1. The number of nitrogens with zero attached hydrogens (tertiary/aromatic N) is 6. The summed E-state index contributed by atoms with van der Waals surface area (Å²) in [5.74, 6) is -0.0783. The van der Waals surface area contributed by atoms with Crippen LogP contribution in [0.5, 0.6) is 0 Å². The van der Waals surface area contributed by atoms with Crippen molar-refractivity contribution >= 4 is 31.4 Å². The number of aliphatic hydroxyl groups excluding tert-OH is 1. The van der Waals surface area contributed by atoms with E-state index in [1.807, 2.05) is 33.8 Å².